The van der Waals surface area contributed by atoms with E-state index in [2.05, 4.69) is 10.6 Å². The van der Waals surface area contributed by atoms with E-state index in [-0.39, 0.29) is 18.4 Å². The average molecular weight is 261 g/mol. The highest BCUT2D eigenvalue weighted by Crippen LogP contribution is 2.15. The van der Waals surface area contributed by atoms with Crippen LogP contribution in [0.2, 0.25) is 0 Å². The number of nitrogens with one attached hydrogen (secondary N) is 2. The third kappa shape index (κ3) is 3.54. The topological polar surface area (TPSA) is 61.4 Å². The van der Waals surface area contributed by atoms with Gasteiger partial charge in [-0.25, -0.2) is 0 Å². The number of anilines is 1. The number of likely N-dealkylation sites (N-methyl/N-ethyl adjacent to an activating group) is 1. The molecule has 1 aromatic carbocycles. The molecule has 2 amide bonds. The standard InChI is InChI=1S/C14H19N3O2/c1-15-10-13(18)16-12-6-4-11(5-7-12)14(19)17-8-2-3-9-17/h4-7,15H,2-3,8-10H2,1H3,(H,16,18). The SMILES string of the molecule is CNCC(=O)Nc1ccc(C(=O)N2CCCC2)cc1. The van der Waals surface area contributed by atoms with Crippen molar-refractivity contribution in [3.63, 3.8) is 0 Å². The smallest absolute Gasteiger partial charge is 0.253 e. The summed E-state index contributed by atoms with van der Waals surface area (Å²) in [6.07, 6.45) is 2.17. The molecule has 0 spiro atoms. The first-order chi connectivity index (χ1) is 9.20. The maximum absolute atomic E-state index is 12.1. The van der Waals surface area contributed by atoms with Crippen molar-refractivity contribution in [3.05, 3.63) is 29.8 Å². The molecule has 5 nitrogen and oxygen atoms in total. The van der Waals surface area contributed by atoms with Crippen LogP contribution in [-0.4, -0.2) is 43.4 Å². The molecule has 19 heavy (non-hydrogen) atoms. The molecule has 1 aliphatic heterocycles. The van der Waals surface area contributed by atoms with Crippen molar-refractivity contribution in [2.24, 2.45) is 0 Å². The van der Waals surface area contributed by atoms with Gasteiger partial charge in [-0.1, -0.05) is 0 Å². The fraction of sp³-hybridized carbons (Fsp3) is 0.429. The van der Waals surface area contributed by atoms with E-state index in [1.165, 1.54) is 0 Å². The zero-order valence-electron chi connectivity index (χ0n) is 11.1. The van der Waals surface area contributed by atoms with Gasteiger partial charge in [0.2, 0.25) is 5.91 Å². The number of carbonyl (C=O) groups excluding carboxylic acids is 2. The lowest BCUT2D eigenvalue weighted by atomic mass is 10.2. The van der Waals surface area contributed by atoms with Crippen LogP contribution < -0.4 is 10.6 Å². The van der Waals surface area contributed by atoms with E-state index in [4.69, 9.17) is 0 Å². The van der Waals surface area contributed by atoms with E-state index >= 15 is 0 Å². The molecule has 0 radical (unpaired) electrons. The van der Waals surface area contributed by atoms with Crippen molar-refractivity contribution < 1.29 is 9.59 Å². The summed E-state index contributed by atoms with van der Waals surface area (Å²) < 4.78 is 0. The van der Waals surface area contributed by atoms with Crippen molar-refractivity contribution in [2.45, 2.75) is 12.8 Å². The predicted octanol–water partition coefficient (Wildman–Crippen LogP) is 1.08. The summed E-state index contributed by atoms with van der Waals surface area (Å²) in [6, 6.07) is 7.04. The zero-order valence-corrected chi connectivity index (χ0v) is 11.1. The molecule has 0 unspecified atom stereocenters. The molecule has 1 aromatic rings. The monoisotopic (exact) mass is 261 g/mol. The van der Waals surface area contributed by atoms with Crippen molar-refractivity contribution in [2.75, 3.05) is 32.0 Å². The van der Waals surface area contributed by atoms with Crippen LogP contribution in [0.15, 0.2) is 24.3 Å². The molecule has 0 aliphatic carbocycles. The van der Waals surface area contributed by atoms with Gasteiger partial charge in [0, 0.05) is 24.3 Å². The van der Waals surface area contributed by atoms with Crippen molar-refractivity contribution >= 4 is 17.5 Å². The highest BCUT2D eigenvalue weighted by Gasteiger charge is 2.19. The van der Waals surface area contributed by atoms with Crippen molar-refractivity contribution in [1.82, 2.24) is 10.2 Å². The Morgan fingerprint density at radius 2 is 1.79 bits per heavy atom. The highest BCUT2D eigenvalue weighted by atomic mass is 16.2. The van der Waals surface area contributed by atoms with E-state index in [1.54, 1.807) is 31.3 Å². The lowest BCUT2D eigenvalue weighted by molar-refractivity contribution is -0.115. The van der Waals surface area contributed by atoms with Crippen LogP contribution >= 0.6 is 0 Å². The third-order valence-corrected chi connectivity index (χ3v) is 3.15. The molecule has 2 rings (SSSR count). The fourth-order valence-electron chi connectivity index (χ4n) is 2.16. The summed E-state index contributed by atoms with van der Waals surface area (Å²) in [5.41, 5.74) is 1.38. The van der Waals surface area contributed by atoms with Gasteiger partial charge < -0.3 is 15.5 Å². The summed E-state index contributed by atoms with van der Waals surface area (Å²) in [6.45, 7) is 1.97. The highest BCUT2D eigenvalue weighted by molar-refractivity contribution is 5.96. The van der Waals surface area contributed by atoms with Crippen LogP contribution in [0.4, 0.5) is 5.69 Å². The molecule has 5 heteroatoms. The van der Waals surface area contributed by atoms with Crippen LogP contribution in [0.3, 0.4) is 0 Å². The maximum atomic E-state index is 12.1. The van der Waals surface area contributed by atoms with Crippen LogP contribution in [0.5, 0.6) is 0 Å². The number of hydrogen-bond donors (Lipinski definition) is 2. The van der Waals surface area contributed by atoms with E-state index in [9.17, 15) is 9.59 Å². The number of rotatable bonds is 4. The van der Waals surface area contributed by atoms with E-state index < -0.39 is 0 Å². The largest absolute Gasteiger partial charge is 0.339 e. The normalized spacial score (nSPS) is 14.5. The van der Waals surface area contributed by atoms with Gasteiger partial charge in [0.05, 0.1) is 6.54 Å². The lowest BCUT2D eigenvalue weighted by Gasteiger charge is -2.15. The van der Waals surface area contributed by atoms with Gasteiger partial charge in [-0.3, -0.25) is 9.59 Å². The third-order valence-electron chi connectivity index (χ3n) is 3.15. The Morgan fingerprint density at radius 3 is 2.37 bits per heavy atom. The van der Waals surface area contributed by atoms with Crippen molar-refractivity contribution in [3.8, 4) is 0 Å². The Kier molecular flexibility index (Phi) is 4.52. The molecular formula is C14H19N3O2. The molecule has 0 aromatic heterocycles. The minimum absolute atomic E-state index is 0.0746. The molecule has 0 saturated carbocycles. The summed E-state index contributed by atoms with van der Waals surface area (Å²) >= 11 is 0. The Balaban J connectivity index is 1.97. The first-order valence-corrected chi connectivity index (χ1v) is 6.54. The second-order valence-electron chi connectivity index (χ2n) is 4.66. The molecule has 2 N–H and O–H groups in total. The number of benzene rings is 1. The molecule has 0 atom stereocenters. The Labute approximate surface area is 113 Å². The fourth-order valence-corrected chi connectivity index (χ4v) is 2.16. The Hall–Kier alpha value is -1.88. The number of likely N-dealkylation sites (tertiary alicyclic amines) is 1. The summed E-state index contributed by atoms with van der Waals surface area (Å²) in [5.74, 6) is -0.0216. The Morgan fingerprint density at radius 1 is 1.16 bits per heavy atom. The minimum atomic E-state index is -0.0962. The molecular weight excluding hydrogens is 242 g/mol. The summed E-state index contributed by atoms with van der Waals surface area (Å²) in [5, 5.41) is 5.53. The first kappa shape index (κ1) is 13.5. The second kappa shape index (κ2) is 6.33. The van der Waals surface area contributed by atoms with Crippen LogP contribution in [0.1, 0.15) is 23.2 Å². The number of nitrogens with zero attached hydrogens (tertiary/aromatic N) is 1. The van der Waals surface area contributed by atoms with Crippen LogP contribution in [0, 0.1) is 0 Å². The van der Waals surface area contributed by atoms with Crippen LogP contribution in [0.25, 0.3) is 0 Å². The number of carbonyl (C=O) groups is 2. The van der Waals surface area contributed by atoms with Gasteiger partial charge in [-0.2, -0.15) is 0 Å². The molecule has 1 fully saturated rings. The van der Waals surface area contributed by atoms with E-state index in [0.29, 0.717) is 11.3 Å². The number of hydrogen-bond acceptors (Lipinski definition) is 3. The zero-order chi connectivity index (χ0) is 13.7. The molecule has 0 bridgehead atoms. The van der Waals surface area contributed by atoms with Gasteiger partial charge in [0.25, 0.3) is 5.91 Å². The summed E-state index contributed by atoms with van der Waals surface area (Å²) in [4.78, 5) is 25.4. The predicted molar refractivity (Wildman–Crippen MR) is 74.1 cm³/mol. The number of amides is 2. The minimum Gasteiger partial charge on any atom is -0.339 e. The molecule has 102 valence electrons. The average Bonchev–Trinajstić information content (AvgIpc) is 2.93. The van der Waals surface area contributed by atoms with Gasteiger partial charge in [-0.15, -0.1) is 0 Å². The van der Waals surface area contributed by atoms with E-state index in [1.807, 2.05) is 4.90 Å². The van der Waals surface area contributed by atoms with Gasteiger partial charge in [0.1, 0.15) is 0 Å². The van der Waals surface area contributed by atoms with Gasteiger partial charge >= 0.3 is 0 Å². The van der Waals surface area contributed by atoms with Gasteiger partial charge in [-0.05, 0) is 44.2 Å². The second-order valence-corrected chi connectivity index (χ2v) is 4.66. The maximum Gasteiger partial charge on any atom is 0.253 e. The van der Waals surface area contributed by atoms with E-state index in [0.717, 1.165) is 25.9 Å². The summed E-state index contributed by atoms with van der Waals surface area (Å²) in [7, 11) is 1.72. The lowest BCUT2D eigenvalue weighted by Crippen LogP contribution is -2.27. The molecule has 1 saturated heterocycles. The van der Waals surface area contributed by atoms with Crippen LogP contribution in [-0.2, 0) is 4.79 Å². The molecule has 1 aliphatic rings. The first-order valence-electron chi connectivity index (χ1n) is 6.54. The quantitative estimate of drug-likeness (QED) is 0.852. The van der Waals surface area contributed by atoms with Crippen molar-refractivity contribution in [1.29, 1.82) is 0 Å². The Bertz CT molecular complexity index is 450. The molecule has 1 heterocycles. The van der Waals surface area contributed by atoms with Gasteiger partial charge in [0.15, 0.2) is 0 Å².